The smallest absolute Gasteiger partial charge is 0.231 e. The number of carbonyl (C=O) groups excluding carboxylic acids is 1. The normalized spacial score (nSPS) is 23.8. The van der Waals surface area contributed by atoms with E-state index in [1.807, 2.05) is 0 Å². The Morgan fingerprint density at radius 3 is 2.55 bits per heavy atom. The first kappa shape index (κ1) is 13.9. The number of carbonyl (C=O) groups is 1. The molecule has 1 aromatic carbocycles. The average Bonchev–Trinajstić information content (AvgIpc) is 2.45. The molecule has 0 bridgehead atoms. The van der Waals surface area contributed by atoms with Gasteiger partial charge in [0.25, 0.3) is 0 Å². The molecule has 1 heterocycles. The van der Waals surface area contributed by atoms with E-state index in [9.17, 15) is 13.2 Å². The van der Waals surface area contributed by atoms with Crippen molar-refractivity contribution in [3.8, 4) is 0 Å². The largest absolute Gasteiger partial charge is 0.324 e. The second kappa shape index (κ2) is 4.74. The van der Waals surface area contributed by atoms with E-state index in [0.717, 1.165) is 19.3 Å². The number of amides is 1. The quantitative estimate of drug-likeness (QED) is 0.800. The molecule has 6 heteroatoms. The van der Waals surface area contributed by atoms with E-state index in [1.165, 1.54) is 12.1 Å². The molecular weight excluding hydrogens is 298 g/mol. The number of nitrogens with one attached hydrogen (secondary N) is 1. The third-order valence-electron chi connectivity index (χ3n) is 4.28. The van der Waals surface area contributed by atoms with Crippen LogP contribution in [0, 0.1) is 5.41 Å². The third-order valence-corrected chi connectivity index (χ3v) is 6.48. The zero-order chi connectivity index (χ0) is 14.4. The predicted molar refractivity (Wildman–Crippen MR) is 77.7 cm³/mol. The maximum Gasteiger partial charge on any atom is 0.231 e. The second-order valence-corrected chi connectivity index (χ2v) is 8.09. The summed E-state index contributed by atoms with van der Waals surface area (Å²) in [5.41, 5.74) is -0.465. The maximum atomic E-state index is 12.6. The highest BCUT2D eigenvalue weighted by molar-refractivity contribution is 7.91. The van der Waals surface area contributed by atoms with Crippen molar-refractivity contribution in [2.75, 3.05) is 11.1 Å². The highest BCUT2D eigenvalue weighted by atomic mass is 35.5. The van der Waals surface area contributed by atoms with Crippen molar-refractivity contribution >= 4 is 33.0 Å². The van der Waals surface area contributed by atoms with Crippen LogP contribution in [0.1, 0.15) is 32.1 Å². The highest BCUT2D eigenvalue weighted by Crippen LogP contribution is 2.43. The van der Waals surface area contributed by atoms with Gasteiger partial charge in [-0.3, -0.25) is 4.79 Å². The Labute approximate surface area is 123 Å². The fourth-order valence-electron chi connectivity index (χ4n) is 3.23. The summed E-state index contributed by atoms with van der Waals surface area (Å²) < 4.78 is 25.2. The van der Waals surface area contributed by atoms with Crippen molar-refractivity contribution in [1.29, 1.82) is 0 Å². The molecule has 0 saturated heterocycles. The van der Waals surface area contributed by atoms with Crippen LogP contribution in [0.4, 0.5) is 5.69 Å². The monoisotopic (exact) mass is 313 g/mol. The lowest BCUT2D eigenvalue weighted by molar-refractivity contribution is -0.126. The molecule has 1 aliphatic carbocycles. The SMILES string of the molecule is O=C1Nc2cc(Cl)ccc2S(=O)(=O)CC12CCCCC2. The molecule has 0 aromatic heterocycles. The van der Waals surface area contributed by atoms with E-state index in [-0.39, 0.29) is 16.6 Å². The van der Waals surface area contributed by atoms with E-state index in [2.05, 4.69) is 5.32 Å². The van der Waals surface area contributed by atoms with Crippen molar-refractivity contribution in [2.24, 2.45) is 5.41 Å². The fourth-order valence-corrected chi connectivity index (χ4v) is 5.43. The van der Waals surface area contributed by atoms with Gasteiger partial charge >= 0.3 is 0 Å². The van der Waals surface area contributed by atoms with E-state index < -0.39 is 15.3 Å². The van der Waals surface area contributed by atoms with Gasteiger partial charge < -0.3 is 5.32 Å². The first-order valence-corrected chi connectivity index (χ1v) is 8.80. The molecule has 1 aliphatic heterocycles. The topological polar surface area (TPSA) is 63.2 Å². The van der Waals surface area contributed by atoms with E-state index >= 15 is 0 Å². The lowest BCUT2D eigenvalue weighted by Crippen LogP contribution is -2.41. The number of sulfone groups is 1. The number of rotatable bonds is 0. The number of benzene rings is 1. The van der Waals surface area contributed by atoms with Gasteiger partial charge in [0, 0.05) is 5.02 Å². The zero-order valence-corrected chi connectivity index (χ0v) is 12.6. The third kappa shape index (κ3) is 2.23. The molecule has 1 amide bonds. The molecule has 1 aromatic rings. The summed E-state index contributed by atoms with van der Waals surface area (Å²) in [5, 5.41) is 3.19. The lowest BCUT2D eigenvalue weighted by atomic mass is 9.75. The molecule has 20 heavy (non-hydrogen) atoms. The predicted octanol–water partition coefficient (Wildman–Crippen LogP) is 3.02. The Morgan fingerprint density at radius 1 is 1.15 bits per heavy atom. The molecule has 0 unspecified atom stereocenters. The molecule has 1 fully saturated rings. The van der Waals surface area contributed by atoms with Crippen molar-refractivity contribution in [1.82, 2.24) is 0 Å². The summed E-state index contributed by atoms with van der Waals surface area (Å²) in [4.78, 5) is 12.7. The van der Waals surface area contributed by atoms with Crippen LogP contribution in [0.15, 0.2) is 23.1 Å². The summed E-state index contributed by atoms with van der Waals surface area (Å²) in [5.74, 6) is -0.276. The summed E-state index contributed by atoms with van der Waals surface area (Å²) >= 11 is 5.90. The number of hydrogen-bond donors (Lipinski definition) is 1. The fraction of sp³-hybridized carbons (Fsp3) is 0.500. The first-order valence-electron chi connectivity index (χ1n) is 6.77. The Morgan fingerprint density at radius 2 is 1.85 bits per heavy atom. The van der Waals surface area contributed by atoms with Gasteiger partial charge in [-0.25, -0.2) is 8.42 Å². The van der Waals surface area contributed by atoms with Gasteiger partial charge in [0.1, 0.15) is 0 Å². The van der Waals surface area contributed by atoms with Crippen LogP contribution in [-0.4, -0.2) is 20.1 Å². The molecule has 3 rings (SSSR count). The van der Waals surface area contributed by atoms with Gasteiger partial charge in [0.2, 0.25) is 5.91 Å². The van der Waals surface area contributed by atoms with Gasteiger partial charge in [-0.2, -0.15) is 0 Å². The van der Waals surface area contributed by atoms with Crippen LogP contribution in [0.3, 0.4) is 0 Å². The standard InChI is InChI=1S/C14H16ClNO3S/c15-10-4-5-12-11(8-10)16-13(17)14(9-20(12,18)19)6-2-1-3-7-14/h4-5,8H,1-3,6-7,9H2,(H,16,17). The van der Waals surface area contributed by atoms with Gasteiger partial charge in [-0.05, 0) is 31.0 Å². The number of anilines is 1. The van der Waals surface area contributed by atoms with Crippen molar-refractivity contribution in [3.63, 3.8) is 0 Å². The molecule has 2 aliphatic rings. The molecular formula is C14H16ClNO3S. The summed E-state index contributed by atoms with van der Waals surface area (Å²) in [7, 11) is -3.48. The van der Waals surface area contributed by atoms with Crippen molar-refractivity contribution in [2.45, 2.75) is 37.0 Å². The molecule has 1 N–H and O–H groups in total. The van der Waals surface area contributed by atoms with Gasteiger partial charge in [0.15, 0.2) is 9.84 Å². The number of fused-ring (bicyclic) bond motifs is 1. The highest BCUT2D eigenvalue weighted by Gasteiger charge is 2.46. The maximum absolute atomic E-state index is 12.6. The molecule has 4 nitrogen and oxygen atoms in total. The van der Waals surface area contributed by atoms with E-state index in [0.29, 0.717) is 23.6 Å². The summed E-state index contributed by atoms with van der Waals surface area (Å²) in [6.45, 7) is 0. The Balaban J connectivity index is 2.12. The number of hydrogen-bond acceptors (Lipinski definition) is 3. The lowest BCUT2D eigenvalue weighted by Gasteiger charge is -2.33. The van der Waals surface area contributed by atoms with E-state index in [1.54, 1.807) is 6.07 Å². The first-order chi connectivity index (χ1) is 9.43. The number of halogens is 1. The minimum Gasteiger partial charge on any atom is -0.324 e. The molecule has 108 valence electrons. The Hall–Kier alpha value is -1.07. The Bertz CT molecular complexity index is 663. The van der Waals surface area contributed by atoms with Gasteiger partial charge in [-0.1, -0.05) is 30.9 Å². The average molecular weight is 314 g/mol. The van der Waals surface area contributed by atoms with Crippen LogP contribution in [0.5, 0.6) is 0 Å². The summed E-state index contributed by atoms with van der Waals surface area (Å²) in [6.07, 6.45) is 4.15. The molecule has 0 atom stereocenters. The van der Waals surface area contributed by atoms with Crippen LogP contribution >= 0.6 is 11.6 Å². The van der Waals surface area contributed by atoms with Crippen LogP contribution in [-0.2, 0) is 14.6 Å². The van der Waals surface area contributed by atoms with Crippen molar-refractivity contribution < 1.29 is 13.2 Å². The van der Waals surface area contributed by atoms with Crippen molar-refractivity contribution in [3.05, 3.63) is 23.2 Å². The van der Waals surface area contributed by atoms with Crippen LogP contribution < -0.4 is 5.32 Å². The molecule has 0 radical (unpaired) electrons. The second-order valence-electron chi connectivity index (χ2n) is 5.69. The zero-order valence-electron chi connectivity index (χ0n) is 11.0. The van der Waals surface area contributed by atoms with E-state index in [4.69, 9.17) is 11.6 Å². The summed E-state index contributed by atoms with van der Waals surface area (Å²) in [6, 6.07) is 4.53. The minimum absolute atomic E-state index is 0.0968. The van der Waals surface area contributed by atoms with Gasteiger partial charge in [-0.15, -0.1) is 0 Å². The Kier molecular flexibility index (Phi) is 3.29. The molecule has 1 saturated carbocycles. The minimum atomic E-state index is -3.48. The van der Waals surface area contributed by atoms with Crippen LogP contribution in [0.2, 0.25) is 5.02 Å². The molecule has 1 spiro atoms. The van der Waals surface area contributed by atoms with Gasteiger partial charge in [0.05, 0.1) is 21.8 Å². The van der Waals surface area contributed by atoms with Crippen LogP contribution in [0.25, 0.3) is 0 Å².